The third kappa shape index (κ3) is 1.66. The van der Waals surface area contributed by atoms with Gasteiger partial charge in [0, 0.05) is 5.39 Å². The molecule has 4 aromatic rings. The van der Waals surface area contributed by atoms with E-state index in [1.54, 1.807) is 0 Å². The summed E-state index contributed by atoms with van der Waals surface area (Å²) in [5, 5.41) is 15.5. The summed E-state index contributed by atoms with van der Waals surface area (Å²) in [5.74, 6) is 0.113. The number of benzene rings is 1. The fourth-order valence-corrected chi connectivity index (χ4v) is 2.20. The van der Waals surface area contributed by atoms with E-state index in [2.05, 4.69) is 15.1 Å². The maximum absolute atomic E-state index is 10.7. The molecule has 0 spiro atoms. The highest BCUT2D eigenvalue weighted by Crippen LogP contribution is 2.29. The van der Waals surface area contributed by atoms with Gasteiger partial charge in [-0.1, -0.05) is 12.1 Å². The molecule has 0 saturated carbocycles. The molecule has 0 atom stereocenters. The van der Waals surface area contributed by atoms with Gasteiger partial charge in [0.15, 0.2) is 5.58 Å². The predicted molar refractivity (Wildman–Crippen MR) is 73.1 cm³/mol. The minimum absolute atomic E-state index is 0.252. The summed E-state index contributed by atoms with van der Waals surface area (Å²) in [4.78, 5) is 18.5. The fraction of sp³-hybridized carbons (Fsp3) is 0. The Hall–Kier alpha value is -3.29. The molecule has 102 valence electrons. The molecule has 8 nitrogen and oxygen atoms in total. The van der Waals surface area contributed by atoms with Gasteiger partial charge < -0.3 is 14.5 Å². The fourth-order valence-electron chi connectivity index (χ4n) is 2.20. The van der Waals surface area contributed by atoms with Gasteiger partial charge in [0.25, 0.3) is 0 Å². The third-order valence-electron chi connectivity index (χ3n) is 3.12. The molecule has 1 aromatic carbocycles. The first-order chi connectivity index (χ1) is 10.2. The van der Waals surface area contributed by atoms with Crippen LogP contribution in [0.1, 0.15) is 0 Å². The Morgan fingerprint density at radius 1 is 1.19 bits per heavy atom. The van der Waals surface area contributed by atoms with Gasteiger partial charge in [0.1, 0.15) is 17.4 Å². The molecule has 0 unspecified atom stereocenters. The Kier molecular flexibility index (Phi) is 2.25. The van der Waals surface area contributed by atoms with Crippen molar-refractivity contribution in [1.82, 2.24) is 19.7 Å². The first-order valence-corrected chi connectivity index (χ1v) is 6.07. The van der Waals surface area contributed by atoms with Crippen molar-refractivity contribution in [2.75, 3.05) is 0 Å². The van der Waals surface area contributed by atoms with Gasteiger partial charge in [-0.25, -0.2) is 9.97 Å². The highest BCUT2D eigenvalue weighted by atomic mass is 16.6. The van der Waals surface area contributed by atoms with Gasteiger partial charge in [-0.2, -0.15) is 0 Å². The summed E-state index contributed by atoms with van der Waals surface area (Å²) in [6, 6.07) is 8.76. The summed E-state index contributed by atoms with van der Waals surface area (Å²) in [7, 11) is 0. The average molecular weight is 281 g/mol. The molecule has 0 aliphatic heterocycles. The van der Waals surface area contributed by atoms with E-state index in [0.717, 1.165) is 5.39 Å². The molecule has 0 bridgehead atoms. The van der Waals surface area contributed by atoms with Crippen molar-refractivity contribution in [3.8, 4) is 5.82 Å². The van der Waals surface area contributed by atoms with Crippen LogP contribution in [-0.4, -0.2) is 24.7 Å². The SMILES string of the molecule is O=[N+]([O-])c1ccn(-c2ncnc3c2oc2ccccc23)n1. The predicted octanol–water partition coefficient (Wildman–Crippen LogP) is 2.47. The van der Waals surface area contributed by atoms with Gasteiger partial charge in [0.05, 0.1) is 17.4 Å². The number of nitro groups is 1. The van der Waals surface area contributed by atoms with Crippen LogP contribution in [0.5, 0.6) is 0 Å². The lowest BCUT2D eigenvalue weighted by Gasteiger charge is -1.95. The van der Waals surface area contributed by atoms with Crippen molar-refractivity contribution < 1.29 is 9.34 Å². The second-order valence-electron chi connectivity index (χ2n) is 4.35. The zero-order valence-corrected chi connectivity index (χ0v) is 10.5. The van der Waals surface area contributed by atoms with Crippen LogP contribution in [0.2, 0.25) is 0 Å². The van der Waals surface area contributed by atoms with Gasteiger partial charge in [-0.3, -0.25) is 0 Å². The van der Waals surface area contributed by atoms with Gasteiger partial charge >= 0.3 is 5.82 Å². The van der Waals surface area contributed by atoms with Crippen molar-refractivity contribution in [2.24, 2.45) is 0 Å². The molecule has 0 N–H and O–H groups in total. The van der Waals surface area contributed by atoms with E-state index in [-0.39, 0.29) is 5.82 Å². The number of rotatable bonds is 2. The van der Waals surface area contributed by atoms with E-state index in [0.29, 0.717) is 22.5 Å². The minimum Gasteiger partial charge on any atom is -0.450 e. The zero-order valence-electron chi connectivity index (χ0n) is 10.5. The molecule has 0 fully saturated rings. The van der Waals surface area contributed by atoms with E-state index in [1.165, 1.54) is 23.3 Å². The summed E-state index contributed by atoms with van der Waals surface area (Å²) in [6.07, 6.45) is 2.85. The molecule has 8 heteroatoms. The van der Waals surface area contributed by atoms with Gasteiger partial charge in [0.2, 0.25) is 5.82 Å². The van der Waals surface area contributed by atoms with E-state index in [9.17, 15) is 10.1 Å². The number of fused-ring (bicyclic) bond motifs is 3. The van der Waals surface area contributed by atoms with E-state index >= 15 is 0 Å². The van der Waals surface area contributed by atoms with Crippen LogP contribution in [0, 0.1) is 10.1 Å². The smallest absolute Gasteiger partial charge is 0.390 e. The average Bonchev–Trinajstić information content (AvgIpc) is 3.11. The van der Waals surface area contributed by atoms with Crippen molar-refractivity contribution in [3.63, 3.8) is 0 Å². The normalized spacial score (nSPS) is 11.2. The summed E-state index contributed by atoms with van der Waals surface area (Å²) in [6.45, 7) is 0. The number of para-hydroxylation sites is 1. The van der Waals surface area contributed by atoms with Crippen LogP contribution in [0.3, 0.4) is 0 Å². The number of hydrogen-bond donors (Lipinski definition) is 0. The largest absolute Gasteiger partial charge is 0.450 e. The van der Waals surface area contributed by atoms with Crippen molar-refractivity contribution >= 4 is 27.9 Å². The molecule has 0 aliphatic carbocycles. The molecular weight excluding hydrogens is 274 g/mol. The van der Waals surface area contributed by atoms with Crippen LogP contribution < -0.4 is 0 Å². The maximum Gasteiger partial charge on any atom is 0.390 e. The van der Waals surface area contributed by atoms with E-state index in [4.69, 9.17) is 4.42 Å². The number of furan rings is 1. The van der Waals surface area contributed by atoms with E-state index < -0.39 is 4.92 Å². The molecule has 3 aromatic heterocycles. The molecule has 0 aliphatic rings. The van der Waals surface area contributed by atoms with Crippen LogP contribution >= 0.6 is 0 Å². The summed E-state index contributed by atoms with van der Waals surface area (Å²) in [5.41, 5.74) is 1.77. The molecule has 4 rings (SSSR count). The Bertz CT molecular complexity index is 988. The van der Waals surface area contributed by atoms with Crippen LogP contribution in [-0.2, 0) is 0 Å². The number of aromatic nitrogens is 4. The zero-order chi connectivity index (χ0) is 14.4. The Labute approximate surface area is 116 Å². The minimum atomic E-state index is -0.562. The first kappa shape index (κ1) is 11.5. The standard InChI is InChI=1S/C13H7N5O3/c19-18(20)10-5-6-17(16-10)13-12-11(14-7-15-13)8-3-1-2-4-9(8)21-12/h1-7H. The van der Waals surface area contributed by atoms with E-state index in [1.807, 2.05) is 24.3 Å². The second kappa shape index (κ2) is 4.10. The van der Waals surface area contributed by atoms with Crippen molar-refractivity contribution in [1.29, 1.82) is 0 Å². The second-order valence-corrected chi connectivity index (χ2v) is 4.35. The molecule has 0 radical (unpaired) electrons. The molecular formula is C13H7N5O3. The van der Waals surface area contributed by atoms with Gasteiger partial charge in [-0.05, 0) is 17.1 Å². The third-order valence-corrected chi connectivity index (χ3v) is 3.12. The maximum atomic E-state index is 10.7. The topological polar surface area (TPSA) is 99.9 Å². The number of hydrogen-bond acceptors (Lipinski definition) is 6. The highest BCUT2D eigenvalue weighted by Gasteiger charge is 2.19. The molecule has 0 saturated heterocycles. The number of nitrogens with zero attached hydrogens (tertiary/aromatic N) is 5. The quantitative estimate of drug-likeness (QED) is 0.413. The molecule has 3 heterocycles. The Morgan fingerprint density at radius 2 is 2.05 bits per heavy atom. The van der Waals surface area contributed by atoms with Crippen molar-refractivity contribution in [3.05, 3.63) is 53.0 Å². The Morgan fingerprint density at radius 3 is 2.86 bits per heavy atom. The molecule has 21 heavy (non-hydrogen) atoms. The van der Waals surface area contributed by atoms with Gasteiger partial charge in [-0.15, -0.1) is 4.68 Å². The molecule has 0 amide bonds. The first-order valence-electron chi connectivity index (χ1n) is 6.07. The monoisotopic (exact) mass is 281 g/mol. The summed E-state index contributed by atoms with van der Waals surface area (Å²) < 4.78 is 7.06. The summed E-state index contributed by atoms with van der Waals surface area (Å²) >= 11 is 0. The lowest BCUT2D eigenvalue weighted by Crippen LogP contribution is -2.00. The highest BCUT2D eigenvalue weighted by molar-refractivity contribution is 6.04. The Balaban J connectivity index is 2.01. The van der Waals surface area contributed by atoms with Crippen LogP contribution in [0.4, 0.5) is 5.82 Å². The lowest BCUT2D eigenvalue weighted by atomic mass is 10.2. The lowest BCUT2D eigenvalue weighted by molar-refractivity contribution is -0.389. The van der Waals surface area contributed by atoms with Crippen LogP contribution in [0.25, 0.3) is 27.9 Å². The van der Waals surface area contributed by atoms with Crippen LogP contribution in [0.15, 0.2) is 47.3 Å². The van der Waals surface area contributed by atoms with Crippen molar-refractivity contribution in [2.45, 2.75) is 0 Å².